The smallest absolute Gasteiger partial charge is 0.134 e. The molecule has 0 unspecified atom stereocenters. The fourth-order valence-corrected chi connectivity index (χ4v) is 1.93. The standard InChI is InChI=1S/C5H5BrN2S/c6-3-1-2-9-4(3)5(7)8/h1-2H,(H3,7,8). The number of nitrogens with one attached hydrogen (secondary N) is 1. The van der Waals surface area contributed by atoms with E-state index in [-0.39, 0.29) is 5.84 Å². The van der Waals surface area contributed by atoms with Crippen LogP contribution in [0.25, 0.3) is 0 Å². The Kier molecular flexibility index (Phi) is 1.87. The van der Waals surface area contributed by atoms with Crippen LogP contribution < -0.4 is 5.73 Å². The average molecular weight is 205 g/mol. The van der Waals surface area contributed by atoms with Crippen molar-refractivity contribution in [1.82, 2.24) is 0 Å². The van der Waals surface area contributed by atoms with Crippen LogP contribution >= 0.6 is 27.3 Å². The molecule has 0 radical (unpaired) electrons. The van der Waals surface area contributed by atoms with Crippen LogP contribution in [0.15, 0.2) is 15.9 Å². The number of amidine groups is 1. The minimum Gasteiger partial charge on any atom is -0.383 e. The van der Waals surface area contributed by atoms with Crippen molar-refractivity contribution in [2.24, 2.45) is 5.73 Å². The van der Waals surface area contributed by atoms with Crippen molar-refractivity contribution >= 4 is 33.1 Å². The molecule has 0 amide bonds. The predicted octanol–water partition coefficient (Wildman–Crippen LogP) is 1.79. The van der Waals surface area contributed by atoms with E-state index in [1.807, 2.05) is 11.4 Å². The molecule has 48 valence electrons. The Bertz CT molecular complexity index is 231. The molecular weight excluding hydrogens is 200 g/mol. The lowest BCUT2D eigenvalue weighted by Gasteiger charge is -1.89. The van der Waals surface area contributed by atoms with E-state index in [1.54, 1.807) is 0 Å². The molecule has 9 heavy (non-hydrogen) atoms. The van der Waals surface area contributed by atoms with Gasteiger partial charge in [0.1, 0.15) is 5.84 Å². The average Bonchev–Trinajstić information content (AvgIpc) is 2.13. The number of rotatable bonds is 1. The van der Waals surface area contributed by atoms with Crippen molar-refractivity contribution in [1.29, 1.82) is 5.41 Å². The Morgan fingerprint density at radius 1 is 1.78 bits per heavy atom. The lowest BCUT2D eigenvalue weighted by atomic mass is 10.4. The summed E-state index contributed by atoms with van der Waals surface area (Å²) >= 11 is 4.72. The van der Waals surface area contributed by atoms with E-state index in [0.717, 1.165) is 9.35 Å². The first-order valence-electron chi connectivity index (χ1n) is 2.29. The Labute approximate surface area is 65.3 Å². The highest BCUT2D eigenvalue weighted by molar-refractivity contribution is 9.10. The summed E-state index contributed by atoms with van der Waals surface area (Å²) in [6.45, 7) is 0. The number of halogens is 1. The van der Waals surface area contributed by atoms with E-state index in [2.05, 4.69) is 15.9 Å². The topological polar surface area (TPSA) is 49.9 Å². The number of hydrogen-bond donors (Lipinski definition) is 2. The highest BCUT2D eigenvalue weighted by atomic mass is 79.9. The van der Waals surface area contributed by atoms with Gasteiger partial charge in [-0.1, -0.05) is 0 Å². The third-order valence-corrected chi connectivity index (χ3v) is 2.73. The van der Waals surface area contributed by atoms with Gasteiger partial charge in [-0.2, -0.15) is 0 Å². The van der Waals surface area contributed by atoms with Crippen molar-refractivity contribution in [3.63, 3.8) is 0 Å². The van der Waals surface area contributed by atoms with Crippen LogP contribution in [0, 0.1) is 5.41 Å². The quantitative estimate of drug-likeness (QED) is 0.533. The first-order valence-corrected chi connectivity index (χ1v) is 3.96. The maximum Gasteiger partial charge on any atom is 0.134 e. The summed E-state index contributed by atoms with van der Waals surface area (Å²) in [6, 6.07) is 1.88. The van der Waals surface area contributed by atoms with Gasteiger partial charge in [-0.3, -0.25) is 5.41 Å². The molecule has 1 aromatic rings. The summed E-state index contributed by atoms with van der Waals surface area (Å²) in [6.07, 6.45) is 0. The second-order valence-corrected chi connectivity index (χ2v) is 3.28. The van der Waals surface area contributed by atoms with E-state index in [0.29, 0.717) is 0 Å². The number of hydrogen-bond acceptors (Lipinski definition) is 2. The molecule has 0 aliphatic carbocycles. The number of nitrogen functional groups attached to an aromatic ring is 1. The summed E-state index contributed by atoms with van der Waals surface area (Å²) in [7, 11) is 0. The van der Waals surface area contributed by atoms with Crippen LogP contribution in [0.5, 0.6) is 0 Å². The van der Waals surface area contributed by atoms with Crippen LogP contribution in [0.2, 0.25) is 0 Å². The third-order valence-electron chi connectivity index (χ3n) is 0.862. The third kappa shape index (κ3) is 1.31. The summed E-state index contributed by atoms with van der Waals surface area (Å²) in [5.74, 6) is 0.122. The summed E-state index contributed by atoms with van der Waals surface area (Å²) < 4.78 is 0.903. The zero-order valence-corrected chi connectivity index (χ0v) is 6.92. The van der Waals surface area contributed by atoms with Gasteiger partial charge in [-0.25, -0.2) is 0 Å². The lowest BCUT2D eigenvalue weighted by molar-refractivity contribution is 1.45. The second kappa shape index (κ2) is 2.49. The maximum atomic E-state index is 7.05. The molecule has 0 aliphatic heterocycles. The van der Waals surface area contributed by atoms with Crippen LogP contribution in [0.1, 0.15) is 4.88 Å². The number of nitrogens with two attached hydrogens (primary N) is 1. The first kappa shape index (κ1) is 6.77. The van der Waals surface area contributed by atoms with Crippen LogP contribution in [-0.4, -0.2) is 5.84 Å². The van der Waals surface area contributed by atoms with Gasteiger partial charge in [0.25, 0.3) is 0 Å². The van der Waals surface area contributed by atoms with E-state index >= 15 is 0 Å². The normalized spacial score (nSPS) is 9.44. The van der Waals surface area contributed by atoms with Crippen molar-refractivity contribution in [2.75, 3.05) is 0 Å². The first-order chi connectivity index (χ1) is 4.22. The fourth-order valence-electron chi connectivity index (χ4n) is 0.486. The molecule has 0 bridgehead atoms. The largest absolute Gasteiger partial charge is 0.383 e. The number of thiophene rings is 1. The second-order valence-electron chi connectivity index (χ2n) is 1.51. The minimum absolute atomic E-state index is 0.122. The highest BCUT2D eigenvalue weighted by Crippen LogP contribution is 2.21. The van der Waals surface area contributed by atoms with Gasteiger partial charge in [-0.15, -0.1) is 11.3 Å². The molecule has 4 heteroatoms. The monoisotopic (exact) mass is 204 g/mol. The van der Waals surface area contributed by atoms with Gasteiger partial charge in [-0.05, 0) is 27.4 Å². The van der Waals surface area contributed by atoms with Gasteiger partial charge < -0.3 is 5.73 Å². The maximum absolute atomic E-state index is 7.05. The molecule has 2 nitrogen and oxygen atoms in total. The fraction of sp³-hybridized carbons (Fsp3) is 0. The molecule has 1 aromatic heterocycles. The summed E-state index contributed by atoms with van der Waals surface area (Å²) in [5.41, 5.74) is 5.22. The Balaban J connectivity index is 3.08. The van der Waals surface area contributed by atoms with Crippen molar-refractivity contribution in [3.05, 3.63) is 20.8 Å². The molecular formula is C5H5BrN2S. The molecule has 0 aliphatic rings. The zero-order chi connectivity index (χ0) is 6.85. The van der Waals surface area contributed by atoms with Gasteiger partial charge in [0.2, 0.25) is 0 Å². The molecule has 0 saturated carbocycles. The molecule has 0 fully saturated rings. The van der Waals surface area contributed by atoms with E-state index in [9.17, 15) is 0 Å². The molecule has 3 N–H and O–H groups in total. The van der Waals surface area contributed by atoms with Crippen molar-refractivity contribution in [3.8, 4) is 0 Å². The summed E-state index contributed by atoms with van der Waals surface area (Å²) in [5, 5.41) is 8.94. The SMILES string of the molecule is N=C(N)c1sccc1Br. The van der Waals surface area contributed by atoms with E-state index in [1.165, 1.54) is 11.3 Å². The van der Waals surface area contributed by atoms with Gasteiger partial charge in [0, 0.05) is 4.47 Å². The lowest BCUT2D eigenvalue weighted by Crippen LogP contribution is -2.08. The van der Waals surface area contributed by atoms with Crippen LogP contribution in [0.4, 0.5) is 0 Å². The van der Waals surface area contributed by atoms with Gasteiger partial charge >= 0.3 is 0 Å². The Morgan fingerprint density at radius 3 is 2.67 bits per heavy atom. The Hall–Kier alpha value is -0.350. The predicted molar refractivity (Wildman–Crippen MR) is 43.0 cm³/mol. The van der Waals surface area contributed by atoms with Crippen LogP contribution in [-0.2, 0) is 0 Å². The van der Waals surface area contributed by atoms with Crippen molar-refractivity contribution < 1.29 is 0 Å². The molecule has 0 spiro atoms. The minimum atomic E-state index is 0.122. The molecule has 0 aromatic carbocycles. The molecule has 0 atom stereocenters. The van der Waals surface area contributed by atoms with E-state index in [4.69, 9.17) is 11.1 Å². The molecule has 0 saturated heterocycles. The molecule has 1 rings (SSSR count). The zero-order valence-electron chi connectivity index (χ0n) is 4.52. The van der Waals surface area contributed by atoms with Crippen molar-refractivity contribution in [2.45, 2.75) is 0 Å². The molecule has 1 heterocycles. The van der Waals surface area contributed by atoms with Gasteiger partial charge in [0.15, 0.2) is 0 Å². The van der Waals surface area contributed by atoms with E-state index < -0.39 is 0 Å². The van der Waals surface area contributed by atoms with Crippen LogP contribution in [0.3, 0.4) is 0 Å². The summed E-state index contributed by atoms with van der Waals surface area (Å²) in [4.78, 5) is 0.801. The van der Waals surface area contributed by atoms with Gasteiger partial charge in [0.05, 0.1) is 4.88 Å². The Morgan fingerprint density at radius 2 is 2.44 bits per heavy atom. The highest BCUT2D eigenvalue weighted by Gasteiger charge is 2.01.